The fourth-order valence-corrected chi connectivity index (χ4v) is 2.57. The third-order valence-electron chi connectivity index (χ3n) is 3.79. The molecule has 2 amide bonds. The van der Waals surface area contributed by atoms with Gasteiger partial charge in [-0.3, -0.25) is 0 Å². The van der Waals surface area contributed by atoms with Gasteiger partial charge in [-0.15, -0.1) is 0 Å². The molecule has 20 heavy (non-hydrogen) atoms. The Morgan fingerprint density at radius 2 is 2.25 bits per heavy atom. The monoisotopic (exact) mass is 282 g/mol. The molecule has 0 bridgehead atoms. The van der Waals surface area contributed by atoms with E-state index in [4.69, 9.17) is 9.47 Å². The number of urea groups is 1. The highest BCUT2D eigenvalue weighted by Gasteiger charge is 2.15. The molecule has 1 saturated heterocycles. The van der Waals surface area contributed by atoms with Crippen molar-refractivity contribution in [3.05, 3.63) is 12.2 Å². The highest BCUT2D eigenvalue weighted by Crippen LogP contribution is 2.16. The van der Waals surface area contributed by atoms with E-state index in [-0.39, 0.29) is 12.1 Å². The van der Waals surface area contributed by atoms with Gasteiger partial charge in [-0.25, -0.2) is 4.79 Å². The largest absolute Gasteiger partial charge is 0.377 e. The molecule has 5 nitrogen and oxygen atoms in total. The summed E-state index contributed by atoms with van der Waals surface area (Å²) in [5, 5.41) is 5.73. The van der Waals surface area contributed by atoms with Gasteiger partial charge in [0.25, 0.3) is 0 Å². The van der Waals surface area contributed by atoms with E-state index in [0.29, 0.717) is 25.7 Å². The van der Waals surface area contributed by atoms with Gasteiger partial charge >= 0.3 is 6.03 Å². The second-order valence-electron chi connectivity index (χ2n) is 5.50. The summed E-state index contributed by atoms with van der Waals surface area (Å²) >= 11 is 0. The molecule has 0 spiro atoms. The Bertz CT molecular complexity index is 314. The van der Waals surface area contributed by atoms with Crippen LogP contribution in [0.2, 0.25) is 0 Å². The van der Waals surface area contributed by atoms with E-state index in [9.17, 15) is 4.79 Å². The van der Waals surface area contributed by atoms with E-state index in [1.807, 2.05) is 0 Å². The van der Waals surface area contributed by atoms with Crippen molar-refractivity contribution in [2.45, 2.75) is 38.2 Å². The van der Waals surface area contributed by atoms with Crippen molar-refractivity contribution in [3.63, 3.8) is 0 Å². The molecule has 0 saturated carbocycles. The van der Waals surface area contributed by atoms with Crippen LogP contribution < -0.4 is 10.6 Å². The van der Waals surface area contributed by atoms with Gasteiger partial charge in [-0.05, 0) is 38.0 Å². The summed E-state index contributed by atoms with van der Waals surface area (Å²) in [5.74, 6) is 0.585. The maximum Gasteiger partial charge on any atom is 0.314 e. The molecule has 0 aromatic carbocycles. The molecule has 1 aliphatic carbocycles. The van der Waals surface area contributed by atoms with Crippen LogP contribution in [0, 0.1) is 5.92 Å². The summed E-state index contributed by atoms with van der Waals surface area (Å²) in [7, 11) is 0. The van der Waals surface area contributed by atoms with Crippen molar-refractivity contribution in [1.82, 2.24) is 10.6 Å². The predicted molar refractivity (Wildman–Crippen MR) is 77.7 cm³/mol. The van der Waals surface area contributed by atoms with Gasteiger partial charge in [-0.2, -0.15) is 0 Å². The number of allylic oxidation sites excluding steroid dienone is 2. The average molecular weight is 282 g/mol. The van der Waals surface area contributed by atoms with Crippen LogP contribution >= 0.6 is 0 Å². The first kappa shape index (κ1) is 15.3. The summed E-state index contributed by atoms with van der Waals surface area (Å²) in [4.78, 5) is 11.6. The fraction of sp³-hybridized carbons (Fsp3) is 0.800. The molecule has 2 N–H and O–H groups in total. The molecular formula is C15H26N2O3. The molecule has 114 valence electrons. The number of hydrogen-bond donors (Lipinski definition) is 2. The van der Waals surface area contributed by atoms with Gasteiger partial charge in [0.15, 0.2) is 0 Å². The maximum atomic E-state index is 11.6. The molecule has 0 aromatic rings. The molecule has 1 heterocycles. The first-order valence-electron chi connectivity index (χ1n) is 7.70. The summed E-state index contributed by atoms with van der Waals surface area (Å²) in [6.45, 7) is 3.33. The van der Waals surface area contributed by atoms with Crippen molar-refractivity contribution in [1.29, 1.82) is 0 Å². The van der Waals surface area contributed by atoms with Crippen LogP contribution in [-0.2, 0) is 9.47 Å². The quantitative estimate of drug-likeness (QED) is 0.553. The molecule has 0 unspecified atom stereocenters. The summed E-state index contributed by atoms with van der Waals surface area (Å²) in [6, 6.07) is -0.0970. The van der Waals surface area contributed by atoms with E-state index >= 15 is 0 Å². The SMILES string of the molecule is O=C(NCCOC[C@H]1CCCO1)NC[C@H]1CC=CCC1. The van der Waals surface area contributed by atoms with Crippen LogP contribution in [0.5, 0.6) is 0 Å². The van der Waals surface area contributed by atoms with E-state index < -0.39 is 0 Å². The second-order valence-corrected chi connectivity index (χ2v) is 5.50. The van der Waals surface area contributed by atoms with Gasteiger partial charge in [-0.1, -0.05) is 12.2 Å². The Morgan fingerprint density at radius 1 is 1.30 bits per heavy atom. The zero-order valence-electron chi connectivity index (χ0n) is 12.1. The van der Waals surface area contributed by atoms with E-state index in [2.05, 4.69) is 22.8 Å². The lowest BCUT2D eigenvalue weighted by Crippen LogP contribution is -2.40. The Morgan fingerprint density at radius 3 is 3.00 bits per heavy atom. The minimum atomic E-state index is -0.0970. The predicted octanol–water partition coefficient (Wildman–Crippen LogP) is 1.84. The molecule has 0 aromatic heterocycles. The van der Waals surface area contributed by atoms with Gasteiger partial charge in [0.05, 0.1) is 19.3 Å². The maximum absolute atomic E-state index is 11.6. The molecule has 1 aliphatic heterocycles. The third-order valence-corrected chi connectivity index (χ3v) is 3.79. The van der Waals surface area contributed by atoms with E-state index in [1.54, 1.807) is 0 Å². The molecular weight excluding hydrogens is 256 g/mol. The summed E-state index contributed by atoms with van der Waals surface area (Å²) in [6.07, 6.45) is 10.3. The summed E-state index contributed by atoms with van der Waals surface area (Å²) < 4.78 is 10.9. The summed E-state index contributed by atoms with van der Waals surface area (Å²) in [5.41, 5.74) is 0. The fourth-order valence-electron chi connectivity index (χ4n) is 2.57. The Hall–Kier alpha value is -1.07. The molecule has 2 atom stereocenters. The molecule has 5 heteroatoms. The van der Waals surface area contributed by atoms with E-state index in [1.165, 1.54) is 6.42 Å². The van der Waals surface area contributed by atoms with Crippen LogP contribution in [0.15, 0.2) is 12.2 Å². The highest BCUT2D eigenvalue weighted by molar-refractivity contribution is 5.73. The van der Waals surface area contributed by atoms with Crippen molar-refractivity contribution in [2.75, 3.05) is 32.9 Å². The van der Waals surface area contributed by atoms with Gasteiger partial charge < -0.3 is 20.1 Å². The first-order chi connectivity index (χ1) is 9.84. The lowest BCUT2D eigenvalue weighted by Gasteiger charge is -2.18. The Kier molecular flexibility index (Phi) is 6.88. The number of nitrogens with one attached hydrogen (secondary N) is 2. The number of amides is 2. The lowest BCUT2D eigenvalue weighted by atomic mass is 9.94. The number of hydrogen-bond acceptors (Lipinski definition) is 3. The number of carbonyl (C=O) groups excluding carboxylic acids is 1. The topological polar surface area (TPSA) is 59.6 Å². The van der Waals surface area contributed by atoms with Crippen LogP contribution in [-0.4, -0.2) is 45.0 Å². The molecule has 2 rings (SSSR count). The number of rotatable bonds is 7. The highest BCUT2D eigenvalue weighted by atomic mass is 16.5. The average Bonchev–Trinajstić information content (AvgIpc) is 2.99. The Balaban J connectivity index is 1.42. The van der Waals surface area contributed by atoms with Crippen LogP contribution in [0.3, 0.4) is 0 Å². The standard InChI is InChI=1S/C15H26N2O3/c18-15(17-11-13-5-2-1-3-6-13)16-8-10-19-12-14-7-4-9-20-14/h1-2,13-14H,3-12H2,(H2,16,17,18)/t13-,14+/m0/s1. The molecule has 0 radical (unpaired) electrons. The first-order valence-corrected chi connectivity index (χ1v) is 7.70. The number of ether oxygens (including phenoxy) is 2. The van der Waals surface area contributed by atoms with Gasteiger partial charge in [0, 0.05) is 19.7 Å². The van der Waals surface area contributed by atoms with Crippen LogP contribution in [0.4, 0.5) is 4.79 Å². The van der Waals surface area contributed by atoms with Crippen molar-refractivity contribution >= 4 is 6.03 Å². The second kappa shape index (κ2) is 8.97. The molecule has 2 aliphatic rings. The van der Waals surface area contributed by atoms with Crippen LogP contribution in [0.1, 0.15) is 32.1 Å². The van der Waals surface area contributed by atoms with Crippen molar-refractivity contribution in [2.24, 2.45) is 5.92 Å². The molecule has 1 fully saturated rings. The van der Waals surface area contributed by atoms with E-state index in [0.717, 1.165) is 38.8 Å². The van der Waals surface area contributed by atoms with Crippen molar-refractivity contribution < 1.29 is 14.3 Å². The minimum absolute atomic E-state index is 0.0970. The lowest BCUT2D eigenvalue weighted by molar-refractivity contribution is 0.0188. The minimum Gasteiger partial charge on any atom is -0.377 e. The van der Waals surface area contributed by atoms with Gasteiger partial charge in [0.1, 0.15) is 0 Å². The third kappa shape index (κ3) is 5.92. The van der Waals surface area contributed by atoms with Crippen molar-refractivity contribution in [3.8, 4) is 0 Å². The number of carbonyl (C=O) groups is 1. The van der Waals surface area contributed by atoms with Crippen LogP contribution in [0.25, 0.3) is 0 Å². The zero-order chi connectivity index (χ0) is 14.0. The smallest absolute Gasteiger partial charge is 0.314 e. The van der Waals surface area contributed by atoms with Gasteiger partial charge in [0.2, 0.25) is 0 Å². The Labute approximate surface area is 121 Å². The zero-order valence-corrected chi connectivity index (χ0v) is 12.1. The normalized spacial score (nSPS) is 25.6.